The van der Waals surface area contributed by atoms with Gasteiger partial charge in [-0.05, 0) is 36.6 Å². The van der Waals surface area contributed by atoms with Gasteiger partial charge >= 0.3 is 0 Å². The Morgan fingerprint density at radius 1 is 1.18 bits per heavy atom. The number of aromatic nitrogens is 1. The maximum atomic E-state index is 12.6. The highest BCUT2D eigenvalue weighted by molar-refractivity contribution is 7.99. The fourth-order valence-electron chi connectivity index (χ4n) is 2.88. The lowest BCUT2D eigenvalue weighted by Gasteiger charge is -2.24. The average molecular weight is 462 g/mol. The van der Waals surface area contributed by atoms with Crippen LogP contribution in [0.3, 0.4) is 0 Å². The number of nitrogens with one attached hydrogen (secondary N) is 2. The van der Waals surface area contributed by atoms with E-state index in [1.807, 2.05) is 12.1 Å². The third-order valence-corrected chi connectivity index (χ3v) is 7.98. The number of halogens is 2. The fourth-order valence-corrected chi connectivity index (χ4v) is 5.77. The number of carbonyl (C=O) groups is 1. The van der Waals surface area contributed by atoms with E-state index in [1.54, 1.807) is 17.8 Å². The minimum atomic E-state index is -3.56. The van der Waals surface area contributed by atoms with Crippen LogP contribution in [0.5, 0.6) is 0 Å². The molecule has 0 aliphatic carbocycles. The number of nitrogens with zero attached hydrogens (tertiary/aromatic N) is 1. The summed E-state index contributed by atoms with van der Waals surface area (Å²) >= 11 is 13.6. The van der Waals surface area contributed by atoms with Crippen molar-refractivity contribution in [2.75, 3.05) is 31.1 Å². The number of thioether (sulfide) groups is 1. The molecule has 1 aliphatic heterocycles. The Morgan fingerprint density at radius 3 is 2.64 bits per heavy atom. The van der Waals surface area contributed by atoms with Crippen molar-refractivity contribution in [1.82, 2.24) is 14.6 Å². The molecule has 152 valence electrons. The zero-order valence-electron chi connectivity index (χ0n) is 15.1. The SMILES string of the molecule is O=C(NCCCc1ccc(Cl)c(Cl)c1)c1cc(S(=O)(=O)N2CCSCC2)c[nH]1. The van der Waals surface area contributed by atoms with E-state index in [0.29, 0.717) is 29.7 Å². The van der Waals surface area contributed by atoms with Gasteiger partial charge in [0, 0.05) is 37.3 Å². The molecule has 0 spiro atoms. The molecular formula is C18H21Cl2N3O3S2. The van der Waals surface area contributed by atoms with Crippen LogP contribution in [0, 0.1) is 0 Å². The molecule has 2 heterocycles. The van der Waals surface area contributed by atoms with Gasteiger partial charge in [-0.25, -0.2) is 8.42 Å². The highest BCUT2D eigenvalue weighted by atomic mass is 35.5. The standard InChI is InChI=1S/C18H21Cl2N3O3S2/c19-15-4-3-13(10-16(15)20)2-1-5-21-18(24)17-11-14(12-22-17)28(25,26)23-6-8-27-9-7-23/h3-4,10-12,22H,1-2,5-9H2,(H,21,24). The number of aryl methyl sites for hydroxylation is 1. The van der Waals surface area contributed by atoms with Crippen LogP contribution in [0.15, 0.2) is 35.4 Å². The Kier molecular flexibility index (Phi) is 7.33. The lowest BCUT2D eigenvalue weighted by molar-refractivity contribution is 0.0949. The van der Waals surface area contributed by atoms with Crippen LogP contribution in [0.25, 0.3) is 0 Å². The first-order valence-corrected chi connectivity index (χ1v) is 12.2. The summed E-state index contributed by atoms with van der Waals surface area (Å²) in [7, 11) is -3.56. The Labute approximate surface area is 179 Å². The molecule has 2 aromatic rings. The number of H-pyrrole nitrogens is 1. The summed E-state index contributed by atoms with van der Waals surface area (Å²) in [6, 6.07) is 6.86. The summed E-state index contributed by atoms with van der Waals surface area (Å²) in [5, 5.41) is 3.82. The minimum Gasteiger partial charge on any atom is -0.356 e. The normalized spacial score (nSPS) is 15.5. The topological polar surface area (TPSA) is 82.3 Å². The molecule has 1 aromatic carbocycles. The van der Waals surface area contributed by atoms with Crippen LogP contribution >= 0.6 is 35.0 Å². The lowest BCUT2D eigenvalue weighted by atomic mass is 10.1. The van der Waals surface area contributed by atoms with E-state index in [-0.39, 0.29) is 16.5 Å². The molecule has 2 N–H and O–H groups in total. The van der Waals surface area contributed by atoms with E-state index in [9.17, 15) is 13.2 Å². The zero-order chi connectivity index (χ0) is 20.1. The number of aromatic amines is 1. The van der Waals surface area contributed by atoms with Gasteiger partial charge in [0.2, 0.25) is 10.0 Å². The van der Waals surface area contributed by atoms with Crippen LogP contribution in [0.1, 0.15) is 22.5 Å². The lowest BCUT2D eigenvalue weighted by Crippen LogP contribution is -2.37. The second-order valence-corrected chi connectivity index (χ2v) is 10.4. The van der Waals surface area contributed by atoms with Crippen LogP contribution in [-0.4, -0.2) is 54.8 Å². The van der Waals surface area contributed by atoms with Crippen molar-refractivity contribution in [2.45, 2.75) is 17.7 Å². The van der Waals surface area contributed by atoms with E-state index >= 15 is 0 Å². The largest absolute Gasteiger partial charge is 0.356 e. The smallest absolute Gasteiger partial charge is 0.267 e. The molecule has 6 nitrogen and oxygen atoms in total. The van der Waals surface area contributed by atoms with Crippen LogP contribution in [0.2, 0.25) is 10.0 Å². The number of sulfonamides is 1. The van der Waals surface area contributed by atoms with Crippen molar-refractivity contribution in [2.24, 2.45) is 0 Å². The predicted octanol–water partition coefficient (Wildman–Crippen LogP) is 3.42. The number of hydrogen-bond donors (Lipinski definition) is 2. The van der Waals surface area contributed by atoms with Crippen LogP contribution in [0.4, 0.5) is 0 Å². The zero-order valence-corrected chi connectivity index (χ0v) is 18.2. The highest BCUT2D eigenvalue weighted by Crippen LogP contribution is 2.23. The number of rotatable bonds is 7. The number of amides is 1. The molecule has 10 heteroatoms. The Morgan fingerprint density at radius 2 is 1.93 bits per heavy atom. The summed E-state index contributed by atoms with van der Waals surface area (Å²) in [6.07, 6.45) is 2.84. The first kappa shape index (κ1) is 21.5. The first-order valence-electron chi connectivity index (χ1n) is 8.86. The molecule has 1 aliphatic rings. The fraction of sp³-hybridized carbons (Fsp3) is 0.389. The Hall–Kier alpha value is -1.19. The molecular weight excluding hydrogens is 441 g/mol. The van der Waals surface area contributed by atoms with Gasteiger partial charge in [0.25, 0.3) is 5.91 Å². The van der Waals surface area contributed by atoms with E-state index < -0.39 is 10.0 Å². The average Bonchev–Trinajstić information content (AvgIpc) is 3.20. The highest BCUT2D eigenvalue weighted by Gasteiger charge is 2.27. The molecule has 0 saturated carbocycles. The molecule has 1 aromatic heterocycles. The molecule has 0 bridgehead atoms. The molecule has 28 heavy (non-hydrogen) atoms. The predicted molar refractivity (Wildman–Crippen MR) is 114 cm³/mol. The van der Waals surface area contributed by atoms with Crippen molar-refractivity contribution < 1.29 is 13.2 Å². The first-order chi connectivity index (χ1) is 13.4. The van der Waals surface area contributed by atoms with Crippen molar-refractivity contribution in [1.29, 1.82) is 0 Å². The molecule has 0 unspecified atom stereocenters. The van der Waals surface area contributed by atoms with Crippen molar-refractivity contribution >= 4 is 50.9 Å². The number of benzene rings is 1. The minimum absolute atomic E-state index is 0.125. The quantitative estimate of drug-likeness (QED) is 0.618. The number of carbonyl (C=O) groups excluding carboxylic acids is 1. The van der Waals surface area contributed by atoms with Crippen molar-refractivity contribution in [3.63, 3.8) is 0 Å². The monoisotopic (exact) mass is 461 g/mol. The summed E-state index contributed by atoms with van der Waals surface area (Å²) in [4.78, 5) is 15.2. The van der Waals surface area contributed by atoms with Crippen LogP contribution < -0.4 is 5.32 Å². The molecule has 1 amide bonds. The van der Waals surface area contributed by atoms with E-state index in [2.05, 4.69) is 10.3 Å². The molecule has 0 atom stereocenters. The molecule has 1 saturated heterocycles. The van der Waals surface area contributed by atoms with Crippen molar-refractivity contribution in [3.8, 4) is 0 Å². The van der Waals surface area contributed by atoms with Crippen LogP contribution in [-0.2, 0) is 16.4 Å². The Balaban J connectivity index is 1.51. The molecule has 1 fully saturated rings. The second-order valence-electron chi connectivity index (χ2n) is 6.37. The van der Waals surface area contributed by atoms with E-state index in [0.717, 1.165) is 29.9 Å². The van der Waals surface area contributed by atoms with Gasteiger partial charge in [0.15, 0.2) is 0 Å². The summed E-state index contributed by atoms with van der Waals surface area (Å²) in [6.45, 7) is 1.45. The maximum Gasteiger partial charge on any atom is 0.267 e. The Bertz CT molecular complexity index is 941. The van der Waals surface area contributed by atoms with Gasteiger partial charge in [-0.1, -0.05) is 29.3 Å². The molecule has 0 radical (unpaired) electrons. The molecule has 3 rings (SSSR count). The third-order valence-electron chi connectivity index (χ3n) is 4.42. The van der Waals surface area contributed by atoms with Gasteiger partial charge in [-0.15, -0.1) is 0 Å². The summed E-state index contributed by atoms with van der Waals surface area (Å²) in [5.41, 5.74) is 1.27. The van der Waals surface area contributed by atoms with Gasteiger partial charge in [0.1, 0.15) is 10.6 Å². The summed E-state index contributed by atoms with van der Waals surface area (Å²) in [5.74, 6) is 1.25. The van der Waals surface area contributed by atoms with Crippen molar-refractivity contribution in [3.05, 3.63) is 51.8 Å². The maximum absolute atomic E-state index is 12.6. The second kappa shape index (κ2) is 9.54. The van der Waals surface area contributed by atoms with Gasteiger partial charge in [-0.3, -0.25) is 4.79 Å². The van der Waals surface area contributed by atoms with Gasteiger partial charge in [-0.2, -0.15) is 16.1 Å². The van der Waals surface area contributed by atoms with E-state index in [4.69, 9.17) is 23.2 Å². The third kappa shape index (κ3) is 5.24. The van der Waals surface area contributed by atoms with Gasteiger partial charge in [0.05, 0.1) is 10.0 Å². The van der Waals surface area contributed by atoms with Gasteiger partial charge < -0.3 is 10.3 Å². The van der Waals surface area contributed by atoms with E-state index in [1.165, 1.54) is 16.6 Å². The summed E-state index contributed by atoms with van der Waals surface area (Å²) < 4.78 is 26.7. The number of hydrogen-bond acceptors (Lipinski definition) is 4.